The standard InChI is InChI=1S/C25H24N4O3/c1-28-14-19(24(27-28)16-7-8-22-23(13-16)32-12-4-11-31-22)25(30)29-10-9-21-18(15-29)17-5-2-3-6-20(17)26-21/h2-3,5-8,13-14,26H,4,9-12,15H2,1H3. The first kappa shape index (κ1) is 19.0. The average Bonchev–Trinajstić information content (AvgIpc) is 3.29. The molecule has 2 aliphatic heterocycles. The first-order valence-corrected chi connectivity index (χ1v) is 11.0. The molecule has 2 aliphatic rings. The number of aromatic nitrogens is 3. The van der Waals surface area contributed by atoms with Crippen molar-refractivity contribution in [1.82, 2.24) is 19.7 Å². The van der Waals surface area contributed by atoms with Crippen molar-refractivity contribution in [2.75, 3.05) is 19.8 Å². The summed E-state index contributed by atoms with van der Waals surface area (Å²) in [6, 6.07) is 14.0. The van der Waals surface area contributed by atoms with Gasteiger partial charge in [-0.25, -0.2) is 0 Å². The van der Waals surface area contributed by atoms with Crippen LogP contribution in [0.4, 0.5) is 0 Å². The number of rotatable bonds is 2. The van der Waals surface area contributed by atoms with Crippen molar-refractivity contribution in [2.24, 2.45) is 7.05 Å². The minimum absolute atomic E-state index is 0.00357. The number of para-hydroxylation sites is 1. The first-order valence-electron chi connectivity index (χ1n) is 11.0. The van der Waals surface area contributed by atoms with Gasteiger partial charge in [-0.05, 0) is 24.3 Å². The number of ether oxygens (including phenoxy) is 2. The number of amides is 1. The van der Waals surface area contributed by atoms with Crippen LogP contribution in [-0.4, -0.2) is 45.3 Å². The van der Waals surface area contributed by atoms with Gasteiger partial charge in [-0.2, -0.15) is 5.10 Å². The molecule has 0 spiro atoms. The Hall–Kier alpha value is -3.74. The quantitative estimate of drug-likeness (QED) is 0.525. The van der Waals surface area contributed by atoms with E-state index in [2.05, 4.69) is 22.2 Å². The first-order chi connectivity index (χ1) is 15.7. The molecule has 6 rings (SSSR count). The van der Waals surface area contributed by atoms with Crippen LogP contribution in [0.5, 0.6) is 11.5 Å². The second-order valence-corrected chi connectivity index (χ2v) is 8.38. The molecule has 1 amide bonds. The van der Waals surface area contributed by atoms with Crippen molar-refractivity contribution in [3.05, 3.63) is 65.5 Å². The van der Waals surface area contributed by atoms with Gasteiger partial charge in [0.05, 0.1) is 18.8 Å². The minimum atomic E-state index is -0.00357. The lowest BCUT2D eigenvalue weighted by molar-refractivity contribution is 0.0735. The largest absolute Gasteiger partial charge is 0.490 e. The molecule has 32 heavy (non-hydrogen) atoms. The molecule has 4 heterocycles. The number of H-pyrrole nitrogens is 1. The molecule has 2 aromatic carbocycles. The van der Waals surface area contributed by atoms with E-state index in [1.54, 1.807) is 4.68 Å². The van der Waals surface area contributed by atoms with Crippen LogP contribution in [0, 0.1) is 0 Å². The summed E-state index contributed by atoms with van der Waals surface area (Å²) in [5.41, 5.74) is 5.68. The number of fused-ring (bicyclic) bond motifs is 4. The van der Waals surface area contributed by atoms with Crippen LogP contribution in [-0.2, 0) is 20.0 Å². The molecule has 1 N–H and O–H groups in total. The van der Waals surface area contributed by atoms with Crippen LogP contribution < -0.4 is 9.47 Å². The third kappa shape index (κ3) is 3.12. The van der Waals surface area contributed by atoms with Gasteiger partial charge in [-0.15, -0.1) is 0 Å². The predicted octanol–water partition coefficient (Wildman–Crippen LogP) is 3.93. The molecule has 0 aliphatic carbocycles. The zero-order chi connectivity index (χ0) is 21.7. The maximum absolute atomic E-state index is 13.6. The van der Waals surface area contributed by atoms with Crippen molar-refractivity contribution in [3.8, 4) is 22.8 Å². The highest BCUT2D eigenvalue weighted by Crippen LogP contribution is 2.35. The Kier molecular flexibility index (Phi) is 4.41. The number of aryl methyl sites for hydroxylation is 1. The fourth-order valence-electron chi connectivity index (χ4n) is 4.68. The lowest BCUT2D eigenvalue weighted by atomic mass is 10.0. The SMILES string of the molecule is Cn1cc(C(=O)N2CCc3[nH]c4ccccc4c3C2)c(-c2ccc3c(c2)OCCCO3)n1. The van der Waals surface area contributed by atoms with Gasteiger partial charge in [0.25, 0.3) is 5.91 Å². The number of aromatic amines is 1. The Labute approximate surface area is 185 Å². The highest BCUT2D eigenvalue weighted by Gasteiger charge is 2.28. The molecule has 2 aromatic heterocycles. The summed E-state index contributed by atoms with van der Waals surface area (Å²) >= 11 is 0. The highest BCUT2D eigenvalue weighted by molar-refractivity contribution is 6.00. The number of hydrogen-bond donors (Lipinski definition) is 1. The smallest absolute Gasteiger partial charge is 0.258 e. The highest BCUT2D eigenvalue weighted by atomic mass is 16.5. The molecule has 0 fully saturated rings. The van der Waals surface area contributed by atoms with Crippen molar-refractivity contribution < 1.29 is 14.3 Å². The van der Waals surface area contributed by atoms with Gasteiger partial charge in [0.1, 0.15) is 5.69 Å². The van der Waals surface area contributed by atoms with E-state index in [1.807, 2.05) is 48.5 Å². The summed E-state index contributed by atoms with van der Waals surface area (Å²) in [6.07, 6.45) is 3.48. The van der Waals surface area contributed by atoms with E-state index in [4.69, 9.17) is 9.47 Å². The van der Waals surface area contributed by atoms with E-state index in [9.17, 15) is 4.79 Å². The van der Waals surface area contributed by atoms with Crippen LogP contribution >= 0.6 is 0 Å². The summed E-state index contributed by atoms with van der Waals surface area (Å²) in [5, 5.41) is 5.81. The van der Waals surface area contributed by atoms with Crippen LogP contribution in [0.1, 0.15) is 28.0 Å². The van der Waals surface area contributed by atoms with E-state index in [1.165, 1.54) is 16.6 Å². The second kappa shape index (κ2) is 7.44. The Bertz CT molecular complexity index is 1340. The molecule has 162 valence electrons. The third-order valence-corrected chi connectivity index (χ3v) is 6.25. The molecule has 7 nitrogen and oxygen atoms in total. The lowest BCUT2D eigenvalue weighted by Crippen LogP contribution is -2.35. The van der Waals surface area contributed by atoms with Gasteiger partial charge < -0.3 is 19.4 Å². The number of nitrogens with zero attached hydrogens (tertiary/aromatic N) is 3. The molecular formula is C25H24N4O3. The maximum atomic E-state index is 13.6. The van der Waals surface area contributed by atoms with E-state index < -0.39 is 0 Å². The van der Waals surface area contributed by atoms with Crippen molar-refractivity contribution in [2.45, 2.75) is 19.4 Å². The fourth-order valence-corrected chi connectivity index (χ4v) is 4.68. The lowest BCUT2D eigenvalue weighted by Gasteiger charge is -2.27. The number of benzene rings is 2. The number of hydrogen-bond acceptors (Lipinski definition) is 4. The van der Waals surface area contributed by atoms with Gasteiger partial charge in [0, 0.05) is 66.9 Å². The maximum Gasteiger partial charge on any atom is 0.258 e. The molecule has 0 bridgehead atoms. The topological polar surface area (TPSA) is 72.4 Å². The number of nitrogens with one attached hydrogen (secondary N) is 1. The molecule has 0 radical (unpaired) electrons. The van der Waals surface area contributed by atoms with Gasteiger partial charge in [0.2, 0.25) is 0 Å². The summed E-state index contributed by atoms with van der Waals surface area (Å²) in [6.45, 7) is 2.53. The summed E-state index contributed by atoms with van der Waals surface area (Å²) < 4.78 is 13.3. The molecule has 0 saturated heterocycles. The zero-order valence-electron chi connectivity index (χ0n) is 17.9. The van der Waals surface area contributed by atoms with Crippen LogP contribution in [0.3, 0.4) is 0 Å². The number of carbonyl (C=O) groups is 1. The Balaban J connectivity index is 1.34. The van der Waals surface area contributed by atoms with Gasteiger partial charge in [0.15, 0.2) is 11.5 Å². The van der Waals surface area contributed by atoms with E-state index in [0.29, 0.717) is 43.3 Å². The van der Waals surface area contributed by atoms with Gasteiger partial charge >= 0.3 is 0 Å². The van der Waals surface area contributed by atoms with Crippen molar-refractivity contribution in [1.29, 1.82) is 0 Å². The molecular weight excluding hydrogens is 404 g/mol. The Morgan fingerprint density at radius 1 is 1.09 bits per heavy atom. The minimum Gasteiger partial charge on any atom is -0.490 e. The molecule has 0 atom stereocenters. The van der Waals surface area contributed by atoms with E-state index in [0.717, 1.165) is 29.7 Å². The van der Waals surface area contributed by atoms with Crippen molar-refractivity contribution >= 4 is 16.8 Å². The average molecular weight is 428 g/mol. The summed E-state index contributed by atoms with van der Waals surface area (Å²) in [5.74, 6) is 1.43. The fraction of sp³-hybridized carbons (Fsp3) is 0.280. The zero-order valence-corrected chi connectivity index (χ0v) is 17.9. The number of carbonyl (C=O) groups excluding carboxylic acids is 1. The molecule has 4 aromatic rings. The molecule has 7 heteroatoms. The molecule has 0 unspecified atom stereocenters. The third-order valence-electron chi connectivity index (χ3n) is 6.25. The van der Waals surface area contributed by atoms with E-state index >= 15 is 0 Å². The second-order valence-electron chi connectivity index (χ2n) is 8.38. The van der Waals surface area contributed by atoms with Gasteiger partial charge in [-0.3, -0.25) is 9.48 Å². The monoisotopic (exact) mass is 428 g/mol. The van der Waals surface area contributed by atoms with E-state index in [-0.39, 0.29) is 5.91 Å². The van der Waals surface area contributed by atoms with Crippen LogP contribution in [0.15, 0.2) is 48.7 Å². The summed E-state index contributed by atoms with van der Waals surface area (Å²) in [7, 11) is 1.84. The Morgan fingerprint density at radius 3 is 2.84 bits per heavy atom. The summed E-state index contributed by atoms with van der Waals surface area (Å²) in [4.78, 5) is 19.1. The Morgan fingerprint density at radius 2 is 1.94 bits per heavy atom. The normalized spacial score (nSPS) is 15.5. The molecule has 0 saturated carbocycles. The van der Waals surface area contributed by atoms with Crippen LogP contribution in [0.2, 0.25) is 0 Å². The van der Waals surface area contributed by atoms with Crippen molar-refractivity contribution in [3.63, 3.8) is 0 Å². The predicted molar refractivity (Wildman–Crippen MR) is 121 cm³/mol. The van der Waals surface area contributed by atoms with Crippen LogP contribution in [0.25, 0.3) is 22.2 Å². The van der Waals surface area contributed by atoms with Gasteiger partial charge in [-0.1, -0.05) is 18.2 Å².